The van der Waals surface area contributed by atoms with Gasteiger partial charge < -0.3 is 10.1 Å². The van der Waals surface area contributed by atoms with Crippen LogP contribution < -0.4 is 5.32 Å². The highest BCUT2D eigenvalue weighted by Gasteiger charge is 2.32. The van der Waals surface area contributed by atoms with E-state index in [1.54, 1.807) is 13.0 Å². The van der Waals surface area contributed by atoms with Crippen molar-refractivity contribution >= 4 is 17.6 Å². The van der Waals surface area contributed by atoms with Gasteiger partial charge in [0.15, 0.2) is 0 Å². The summed E-state index contributed by atoms with van der Waals surface area (Å²) < 4.78 is 4.93. The predicted octanol–water partition coefficient (Wildman–Crippen LogP) is 1.16. The van der Waals surface area contributed by atoms with E-state index < -0.39 is 16.9 Å². The van der Waals surface area contributed by atoms with Crippen LogP contribution >= 0.6 is 0 Å². The lowest BCUT2D eigenvalue weighted by atomic mass is 10.0. The number of nitro benzene ring substituents is 1. The Labute approximate surface area is 139 Å². The molecular weight excluding hydrogens is 314 g/mol. The molecule has 0 spiro atoms. The van der Waals surface area contributed by atoms with E-state index in [1.807, 2.05) is 11.8 Å². The molecule has 1 atom stereocenters. The number of ether oxygens (including phenoxy) is 1. The summed E-state index contributed by atoms with van der Waals surface area (Å²) >= 11 is 0. The molecule has 1 amide bonds. The lowest BCUT2D eigenvalue weighted by Crippen LogP contribution is -2.55. The summed E-state index contributed by atoms with van der Waals surface area (Å²) in [6.07, 6.45) is -0.0341. The smallest absolute Gasteiger partial charge is 0.307 e. The summed E-state index contributed by atoms with van der Waals surface area (Å²) in [5.41, 5.74) is 1.69. The summed E-state index contributed by atoms with van der Waals surface area (Å²) in [6, 6.07) is 4.04. The molecule has 0 saturated carbocycles. The van der Waals surface area contributed by atoms with Gasteiger partial charge >= 0.3 is 5.97 Å². The Balaban J connectivity index is 2.18. The summed E-state index contributed by atoms with van der Waals surface area (Å²) in [4.78, 5) is 36.3. The number of esters is 1. The molecule has 24 heavy (non-hydrogen) atoms. The molecule has 1 aromatic carbocycles. The monoisotopic (exact) mass is 335 g/mol. The molecule has 2 rings (SSSR count). The third kappa shape index (κ3) is 4.29. The van der Waals surface area contributed by atoms with E-state index in [1.165, 1.54) is 12.1 Å². The minimum Gasteiger partial charge on any atom is -0.466 e. The number of amides is 1. The molecule has 1 aromatic rings. The van der Waals surface area contributed by atoms with Crippen LogP contribution in [0.1, 0.15) is 24.5 Å². The molecule has 1 heterocycles. The number of benzene rings is 1. The van der Waals surface area contributed by atoms with Crippen LogP contribution in [0.25, 0.3) is 0 Å². The first-order chi connectivity index (χ1) is 11.4. The Bertz CT molecular complexity index is 647. The Kier molecular flexibility index (Phi) is 5.86. The number of nitrogens with zero attached hydrogens (tertiary/aromatic N) is 2. The first kappa shape index (κ1) is 17.9. The first-order valence-corrected chi connectivity index (χ1v) is 7.83. The first-order valence-electron chi connectivity index (χ1n) is 7.83. The minimum absolute atomic E-state index is 0.0130. The largest absolute Gasteiger partial charge is 0.466 e. The van der Waals surface area contributed by atoms with E-state index >= 15 is 0 Å². The number of piperazine rings is 1. The number of carbonyl (C=O) groups is 2. The van der Waals surface area contributed by atoms with Crippen molar-refractivity contribution in [2.45, 2.75) is 32.9 Å². The summed E-state index contributed by atoms with van der Waals surface area (Å²) in [7, 11) is 0. The van der Waals surface area contributed by atoms with E-state index in [2.05, 4.69) is 5.32 Å². The van der Waals surface area contributed by atoms with Crippen LogP contribution in [0.3, 0.4) is 0 Å². The molecule has 0 radical (unpaired) electrons. The van der Waals surface area contributed by atoms with Gasteiger partial charge in [-0.3, -0.25) is 24.6 Å². The Morgan fingerprint density at radius 2 is 2.25 bits per heavy atom. The van der Waals surface area contributed by atoms with E-state index in [-0.39, 0.29) is 24.6 Å². The van der Waals surface area contributed by atoms with Crippen LogP contribution in [0.15, 0.2) is 18.2 Å². The Morgan fingerprint density at radius 1 is 1.50 bits per heavy atom. The average molecular weight is 335 g/mol. The van der Waals surface area contributed by atoms with Crippen molar-refractivity contribution in [3.05, 3.63) is 39.4 Å². The molecule has 0 bridgehead atoms. The molecule has 1 aliphatic rings. The third-order valence-electron chi connectivity index (χ3n) is 4.02. The standard InChI is InChI=1S/C16H21N3O5/c1-3-24-15(20)9-14-16(21)17-6-7-18(14)10-12-8-13(19(22)23)5-4-11(12)2/h4-5,8,14H,3,6-7,9-10H2,1-2H3,(H,17,21). The van der Waals surface area contributed by atoms with E-state index in [9.17, 15) is 19.7 Å². The van der Waals surface area contributed by atoms with Gasteiger partial charge in [0.2, 0.25) is 5.91 Å². The van der Waals surface area contributed by atoms with Crippen LogP contribution in [0.5, 0.6) is 0 Å². The van der Waals surface area contributed by atoms with Crippen molar-refractivity contribution in [2.24, 2.45) is 0 Å². The van der Waals surface area contributed by atoms with Crippen LogP contribution in [0.4, 0.5) is 5.69 Å². The zero-order chi connectivity index (χ0) is 17.7. The molecule has 0 aliphatic carbocycles. The van der Waals surface area contributed by atoms with Gasteiger partial charge in [-0.05, 0) is 25.0 Å². The average Bonchev–Trinajstić information content (AvgIpc) is 2.52. The number of nitrogens with one attached hydrogen (secondary N) is 1. The normalized spacial score (nSPS) is 18.1. The summed E-state index contributed by atoms with van der Waals surface area (Å²) in [5, 5.41) is 13.7. The molecule has 0 aromatic heterocycles. The minimum atomic E-state index is -0.628. The van der Waals surface area contributed by atoms with Crippen molar-refractivity contribution in [1.82, 2.24) is 10.2 Å². The van der Waals surface area contributed by atoms with Crippen LogP contribution in [-0.4, -0.2) is 47.4 Å². The van der Waals surface area contributed by atoms with Gasteiger partial charge in [-0.25, -0.2) is 0 Å². The maximum atomic E-state index is 12.1. The molecular formula is C16H21N3O5. The topological polar surface area (TPSA) is 102 Å². The van der Waals surface area contributed by atoms with E-state index in [0.29, 0.717) is 19.6 Å². The van der Waals surface area contributed by atoms with Crippen molar-refractivity contribution in [1.29, 1.82) is 0 Å². The molecule has 130 valence electrons. The number of hydrogen-bond donors (Lipinski definition) is 1. The molecule has 1 saturated heterocycles. The fourth-order valence-electron chi connectivity index (χ4n) is 2.71. The molecule has 1 fully saturated rings. The Hall–Kier alpha value is -2.48. The molecule has 1 unspecified atom stereocenters. The van der Waals surface area contributed by atoms with Gasteiger partial charge in [0.05, 0.1) is 18.0 Å². The van der Waals surface area contributed by atoms with Crippen LogP contribution in [0.2, 0.25) is 0 Å². The van der Waals surface area contributed by atoms with Crippen molar-refractivity contribution in [3.63, 3.8) is 0 Å². The second kappa shape index (κ2) is 7.87. The quantitative estimate of drug-likeness (QED) is 0.475. The Morgan fingerprint density at radius 3 is 2.92 bits per heavy atom. The number of rotatable bonds is 6. The second-order valence-corrected chi connectivity index (χ2v) is 5.65. The molecule has 8 nitrogen and oxygen atoms in total. The fraction of sp³-hybridized carbons (Fsp3) is 0.500. The number of aryl methyl sites for hydroxylation is 1. The van der Waals surface area contributed by atoms with Gasteiger partial charge in [0.1, 0.15) is 6.04 Å². The number of carbonyl (C=O) groups excluding carboxylic acids is 2. The lowest BCUT2D eigenvalue weighted by molar-refractivity contribution is -0.384. The number of nitro groups is 1. The van der Waals surface area contributed by atoms with E-state index in [4.69, 9.17) is 4.74 Å². The maximum absolute atomic E-state index is 12.1. The highest BCUT2D eigenvalue weighted by Crippen LogP contribution is 2.21. The van der Waals surface area contributed by atoms with Gasteiger partial charge in [-0.1, -0.05) is 6.07 Å². The molecule has 1 N–H and O–H groups in total. The van der Waals surface area contributed by atoms with Crippen molar-refractivity contribution in [3.8, 4) is 0 Å². The van der Waals surface area contributed by atoms with Crippen molar-refractivity contribution in [2.75, 3.05) is 19.7 Å². The van der Waals surface area contributed by atoms with Gasteiger partial charge in [0.25, 0.3) is 5.69 Å². The molecule has 1 aliphatic heterocycles. The van der Waals surface area contributed by atoms with E-state index in [0.717, 1.165) is 11.1 Å². The molecule has 8 heteroatoms. The summed E-state index contributed by atoms with van der Waals surface area (Å²) in [5.74, 6) is -0.655. The zero-order valence-electron chi connectivity index (χ0n) is 13.8. The number of non-ortho nitro benzene ring substituents is 1. The number of hydrogen-bond acceptors (Lipinski definition) is 6. The summed E-state index contributed by atoms with van der Waals surface area (Å²) in [6.45, 7) is 5.25. The zero-order valence-corrected chi connectivity index (χ0v) is 13.8. The highest BCUT2D eigenvalue weighted by atomic mass is 16.6. The fourth-order valence-corrected chi connectivity index (χ4v) is 2.71. The highest BCUT2D eigenvalue weighted by molar-refractivity contribution is 5.87. The van der Waals surface area contributed by atoms with Gasteiger partial charge in [-0.15, -0.1) is 0 Å². The lowest BCUT2D eigenvalue weighted by Gasteiger charge is -2.34. The van der Waals surface area contributed by atoms with Gasteiger partial charge in [0, 0.05) is 31.8 Å². The van der Waals surface area contributed by atoms with Crippen molar-refractivity contribution < 1.29 is 19.2 Å². The van der Waals surface area contributed by atoms with Crippen LogP contribution in [-0.2, 0) is 20.9 Å². The second-order valence-electron chi connectivity index (χ2n) is 5.65. The maximum Gasteiger partial charge on any atom is 0.307 e. The SMILES string of the molecule is CCOC(=O)CC1C(=O)NCCN1Cc1cc([N+](=O)[O-])ccc1C. The third-order valence-corrected chi connectivity index (χ3v) is 4.02. The van der Waals surface area contributed by atoms with Crippen LogP contribution in [0, 0.1) is 17.0 Å². The van der Waals surface area contributed by atoms with Gasteiger partial charge in [-0.2, -0.15) is 0 Å². The predicted molar refractivity (Wildman–Crippen MR) is 86.3 cm³/mol.